The fourth-order valence-electron chi connectivity index (χ4n) is 3.06. The van der Waals surface area contributed by atoms with Gasteiger partial charge in [-0.25, -0.2) is 4.39 Å². The molecule has 0 heterocycles. The van der Waals surface area contributed by atoms with E-state index < -0.39 is 29.1 Å². The second-order valence-corrected chi connectivity index (χ2v) is 7.11. The Hall–Kier alpha value is -2.04. The minimum Gasteiger partial charge on any atom is -0.426 e. The zero-order valence-electron chi connectivity index (χ0n) is 16.0. The maximum absolute atomic E-state index is 14.3. The molecule has 0 N–H and O–H groups in total. The summed E-state index contributed by atoms with van der Waals surface area (Å²) in [7, 11) is 0. The fourth-order valence-corrected chi connectivity index (χ4v) is 3.06. The second-order valence-electron chi connectivity index (χ2n) is 7.11. The van der Waals surface area contributed by atoms with E-state index in [9.17, 15) is 17.6 Å². The van der Waals surface area contributed by atoms with E-state index >= 15 is 0 Å². The number of alkyl halides is 2. The fraction of sp³-hybridized carbons (Fsp3) is 0.455. The van der Waals surface area contributed by atoms with Crippen LogP contribution in [0.5, 0.6) is 5.75 Å². The number of benzene rings is 2. The van der Waals surface area contributed by atoms with Crippen molar-refractivity contribution in [2.75, 3.05) is 0 Å². The van der Waals surface area contributed by atoms with Crippen molar-refractivity contribution in [3.63, 3.8) is 0 Å². The highest BCUT2D eigenvalue weighted by Crippen LogP contribution is 2.34. The van der Waals surface area contributed by atoms with Crippen LogP contribution in [0.3, 0.4) is 0 Å². The van der Waals surface area contributed by atoms with Crippen LogP contribution < -0.4 is 4.74 Å². The Labute approximate surface area is 158 Å². The zero-order chi connectivity index (χ0) is 20.0. The average Bonchev–Trinajstić information content (AvgIpc) is 2.63. The first-order valence-electron chi connectivity index (χ1n) is 9.35. The van der Waals surface area contributed by atoms with Gasteiger partial charge in [-0.3, -0.25) is 0 Å². The van der Waals surface area contributed by atoms with Gasteiger partial charge in [0.15, 0.2) is 11.6 Å². The molecule has 5 heteroatoms. The van der Waals surface area contributed by atoms with Crippen molar-refractivity contribution in [2.24, 2.45) is 5.92 Å². The lowest BCUT2D eigenvalue weighted by atomic mass is 9.97. The quantitative estimate of drug-likeness (QED) is 0.418. The number of aryl methyl sites for hydroxylation is 2. The van der Waals surface area contributed by atoms with E-state index in [1.165, 1.54) is 31.5 Å². The normalized spacial score (nSPS) is 12.9. The minimum atomic E-state index is -3.75. The summed E-state index contributed by atoms with van der Waals surface area (Å²) in [6, 6.07) is 8.01. The van der Waals surface area contributed by atoms with Crippen LogP contribution in [0.4, 0.5) is 17.6 Å². The van der Waals surface area contributed by atoms with Gasteiger partial charge in [-0.15, -0.1) is 0 Å². The lowest BCUT2D eigenvalue weighted by Crippen LogP contribution is -2.22. The average molecular weight is 382 g/mol. The third kappa shape index (κ3) is 5.72. The highest BCUT2D eigenvalue weighted by Gasteiger charge is 2.35. The van der Waals surface area contributed by atoms with Crippen LogP contribution in [0.1, 0.15) is 56.2 Å². The van der Waals surface area contributed by atoms with Gasteiger partial charge in [0.25, 0.3) is 0 Å². The number of ether oxygens (including phenoxy) is 1. The molecule has 148 valence electrons. The maximum atomic E-state index is 14.3. The van der Waals surface area contributed by atoms with E-state index in [1.54, 1.807) is 12.1 Å². The Bertz CT molecular complexity index is 741. The molecule has 0 spiro atoms. The zero-order valence-corrected chi connectivity index (χ0v) is 16.0. The summed E-state index contributed by atoms with van der Waals surface area (Å²) < 4.78 is 60.5. The molecule has 2 rings (SSSR count). The van der Waals surface area contributed by atoms with Crippen molar-refractivity contribution < 1.29 is 22.3 Å². The minimum absolute atomic E-state index is 0.0285. The standard InChI is InChI=1S/C22H26F4O/c1-4-6-15(2)7-5-8-17-10-12-18(13-11-17)22(25,26)27-19-14-9-16(3)20(23)21(19)24/h9-15H,4-8H2,1-3H3. The number of rotatable bonds is 9. The third-order valence-corrected chi connectivity index (χ3v) is 4.71. The van der Waals surface area contributed by atoms with Gasteiger partial charge in [-0.2, -0.15) is 13.2 Å². The molecule has 0 saturated heterocycles. The first-order chi connectivity index (χ1) is 12.7. The van der Waals surface area contributed by atoms with Crippen molar-refractivity contribution in [1.29, 1.82) is 0 Å². The van der Waals surface area contributed by atoms with Gasteiger partial charge in [-0.05, 0) is 55.0 Å². The monoisotopic (exact) mass is 382 g/mol. The van der Waals surface area contributed by atoms with E-state index in [0.717, 1.165) is 37.3 Å². The van der Waals surface area contributed by atoms with Gasteiger partial charge in [0, 0.05) is 0 Å². The summed E-state index contributed by atoms with van der Waals surface area (Å²) in [6.45, 7) is 5.73. The number of hydrogen-bond donors (Lipinski definition) is 0. The van der Waals surface area contributed by atoms with Crippen LogP contribution in [-0.2, 0) is 12.5 Å². The summed E-state index contributed by atoms with van der Waals surface area (Å²) in [5.41, 5.74) is 0.595. The van der Waals surface area contributed by atoms with Crippen LogP contribution >= 0.6 is 0 Å². The molecule has 0 aliphatic carbocycles. The summed E-state index contributed by atoms with van der Waals surface area (Å²) in [4.78, 5) is 0. The molecule has 0 aliphatic heterocycles. The van der Waals surface area contributed by atoms with Crippen LogP contribution in [0.25, 0.3) is 0 Å². The lowest BCUT2D eigenvalue weighted by Gasteiger charge is -2.19. The van der Waals surface area contributed by atoms with E-state index in [2.05, 4.69) is 18.6 Å². The van der Waals surface area contributed by atoms with E-state index in [0.29, 0.717) is 5.92 Å². The highest BCUT2D eigenvalue weighted by atomic mass is 19.3. The molecule has 0 fully saturated rings. The van der Waals surface area contributed by atoms with Crippen LogP contribution in [0.2, 0.25) is 0 Å². The Morgan fingerprint density at radius 3 is 2.26 bits per heavy atom. The molecule has 0 radical (unpaired) electrons. The molecule has 0 bridgehead atoms. The van der Waals surface area contributed by atoms with E-state index in [1.807, 2.05) is 0 Å². The van der Waals surface area contributed by atoms with Gasteiger partial charge < -0.3 is 4.74 Å². The lowest BCUT2D eigenvalue weighted by molar-refractivity contribution is -0.187. The number of halogens is 4. The molecule has 2 aromatic carbocycles. The molecule has 1 unspecified atom stereocenters. The Kier molecular flexibility index (Phi) is 7.28. The smallest absolute Gasteiger partial charge is 0.426 e. The molecule has 0 saturated carbocycles. The molecular formula is C22H26F4O. The van der Waals surface area contributed by atoms with Gasteiger partial charge in [0.2, 0.25) is 5.82 Å². The van der Waals surface area contributed by atoms with Gasteiger partial charge in [0.05, 0.1) is 5.56 Å². The van der Waals surface area contributed by atoms with Crippen molar-refractivity contribution in [2.45, 2.75) is 59.0 Å². The molecular weight excluding hydrogens is 356 g/mol. The molecule has 1 nitrogen and oxygen atoms in total. The molecule has 0 amide bonds. The summed E-state index contributed by atoms with van der Waals surface area (Å²) >= 11 is 0. The van der Waals surface area contributed by atoms with E-state index in [-0.39, 0.29) is 5.56 Å². The van der Waals surface area contributed by atoms with Crippen LogP contribution in [0, 0.1) is 24.5 Å². The van der Waals surface area contributed by atoms with Crippen molar-refractivity contribution in [3.05, 3.63) is 64.7 Å². The van der Waals surface area contributed by atoms with E-state index in [4.69, 9.17) is 0 Å². The first kappa shape index (κ1) is 21.3. The topological polar surface area (TPSA) is 9.23 Å². The molecule has 0 aliphatic rings. The Balaban J connectivity index is 2.01. The van der Waals surface area contributed by atoms with Crippen molar-refractivity contribution in [3.8, 4) is 5.75 Å². The largest absolute Gasteiger partial charge is 0.426 e. The second kappa shape index (κ2) is 9.25. The highest BCUT2D eigenvalue weighted by molar-refractivity contribution is 5.32. The van der Waals surface area contributed by atoms with Gasteiger partial charge >= 0.3 is 6.11 Å². The molecule has 27 heavy (non-hydrogen) atoms. The molecule has 2 aromatic rings. The number of hydrogen-bond acceptors (Lipinski definition) is 1. The van der Waals surface area contributed by atoms with Crippen molar-refractivity contribution >= 4 is 0 Å². The summed E-state index contributed by atoms with van der Waals surface area (Å²) in [5.74, 6) is -2.74. The van der Waals surface area contributed by atoms with Crippen LogP contribution in [-0.4, -0.2) is 0 Å². The molecule has 1 atom stereocenters. The maximum Gasteiger partial charge on any atom is 0.426 e. The predicted octanol–water partition coefficient (Wildman–Crippen LogP) is 7.16. The molecule has 0 aromatic heterocycles. The third-order valence-electron chi connectivity index (χ3n) is 4.71. The SMILES string of the molecule is CCCC(C)CCCc1ccc(C(F)(F)Oc2ccc(C)c(F)c2F)cc1. The Morgan fingerprint density at radius 2 is 1.63 bits per heavy atom. The Morgan fingerprint density at radius 1 is 0.963 bits per heavy atom. The first-order valence-corrected chi connectivity index (χ1v) is 9.35. The summed E-state index contributed by atoms with van der Waals surface area (Å²) in [5, 5.41) is 0. The summed E-state index contributed by atoms with van der Waals surface area (Å²) in [6.07, 6.45) is 1.53. The van der Waals surface area contributed by atoms with Gasteiger partial charge in [0.1, 0.15) is 0 Å². The van der Waals surface area contributed by atoms with Gasteiger partial charge in [-0.1, -0.05) is 51.3 Å². The van der Waals surface area contributed by atoms with Crippen LogP contribution in [0.15, 0.2) is 36.4 Å². The predicted molar refractivity (Wildman–Crippen MR) is 99.1 cm³/mol. The van der Waals surface area contributed by atoms with Crippen molar-refractivity contribution in [1.82, 2.24) is 0 Å².